The Hall–Kier alpha value is -2.36. The molecule has 3 rings (SSSR count). The van der Waals surface area contributed by atoms with Crippen molar-refractivity contribution in [3.63, 3.8) is 0 Å². The van der Waals surface area contributed by atoms with E-state index in [-0.39, 0.29) is 34.2 Å². The summed E-state index contributed by atoms with van der Waals surface area (Å²) in [6, 6.07) is 7.90. The fourth-order valence-corrected chi connectivity index (χ4v) is 4.12. The van der Waals surface area contributed by atoms with E-state index in [2.05, 4.69) is 19.6 Å². The van der Waals surface area contributed by atoms with Crippen molar-refractivity contribution in [2.24, 2.45) is 0 Å². The molecule has 0 unspecified atom stereocenters. The lowest BCUT2D eigenvalue weighted by molar-refractivity contribution is 0.0902. The quantitative estimate of drug-likeness (QED) is 0.175. The third-order valence-corrected chi connectivity index (χ3v) is 7.12. The highest BCUT2D eigenvalue weighted by molar-refractivity contribution is 8.13. The van der Waals surface area contributed by atoms with Gasteiger partial charge in [0.05, 0.1) is 16.1 Å². The van der Waals surface area contributed by atoms with E-state index in [1.165, 1.54) is 24.3 Å². The first-order valence-electron chi connectivity index (χ1n) is 9.79. The molecule has 0 aliphatic heterocycles. The van der Waals surface area contributed by atoms with Crippen molar-refractivity contribution in [1.82, 2.24) is 4.57 Å². The molecule has 31 heavy (non-hydrogen) atoms. The van der Waals surface area contributed by atoms with Crippen LogP contribution in [0.3, 0.4) is 0 Å². The molecule has 1 aromatic heterocycles. The van der Waals surface area contributed by atoms with Gasteiger partial charge in [0.15, 0.2) is 17.4 Å². The van der Waals surface area contributed by atoms with E-state index in [0.717, 1.165) is 17.8 Å². The number of aromatic nitrogens is 1. The van der Waals surface area contributed by atoms with Gasteiger partial charge in [0.2, 0.25) is 0 Å². The molecule has 0 radical (unpaired) electrons. The van der Waals surface area contributed by atoms with Gasteiger partial charge in [0, 0.05) is 32.3 Å². The number of rotatable bonds is 8. The third-order valence-electron chi connectivity index (χ3n) is 4.79. The summed E-state index contributed by atoms with van der Waals surface area (Å²) in [5.41, 5.74) is 0.611. The molecule has 9 heteroatoms. The van der Waals surface area contributed by atoms with Crippen molar-refractivity contribution in [2.45, 2.75) is 32.4 Å². The summed E-state index contributed by atoms with van der Waals surface area (Å²) in [6.45, 7) is 7.60. The minimum absolute atomic E-state index is 0.103. The minimum atomic E-state index is -1.21. The second-order valence-electron chi connectivity index (χ2n) is 8.38. The lowest BCUT2D eigenvalue weighted by Gasteiger charge is -2.16. The number of benzene rings is 2. The molecule has 0 saturated carbocycles. The number of ether oxygens (including phenoxy) is 2. The highest BCUT2D eigenvalue weighted by Crippen LogP contribution is 2.35. The highest BCUT2D eigenvalue weighted by Gasteiger charge is 2.20. The van der Waals surface area contributed by atoms with Crippen molar-refractivity contribution in [3.8, 4) is 17.2 Å². The minimum Gasteiger partial charge on any atom is -0.507 e. The molecule has 2 N–H and O–H groups in total. The number of phenols is 1. The molecule has 0 atom stereocenters. The van der Waals surface area contributed by atoms with Crippen molar-refractivity contribution in [1.29, 1.82) is 5.41 Å². The lowest BCUT2D eigenvalue weighted by Crippen LogP contribution is -2.21. The Morgan fingerprint density at radius 2 is 1.94 bits per heavy atom. The van der Waals surface area contributed by atoms with Crippen LogP contribution in [0.4, 0.5) is 8.78 Å². The van der Waals surface area contributed by atoms with E-state index in [1.54, 1.807) is 23.1 Å². The van der Waals surface area contributed by atoms with Gasteiger partial charge in [-0.25, -0.2) is 8.78 Å². The second-order valence-corrected chi connectivity index (χ2v) is 14.8. The second kappa shape index (κ2) is 9.42. The van der Waals surface area contributed by atoms with Gasteiger partial charge >= 0.3 is 0 Å². The van der Waals surface area contributed by atoms with Crippen LogP contribution >= 0.6 is 11.8 Å². The third kappa shape index (κ3) is 5.47. The van der Waals surface area contributed by atoms with Crippen molar-refractivity contribution in [2.75, 3.05) is 12.9 Å². The number of hydrogen-bond acceptors (Lipinski definition) is 5. The summed E-state index contributed by atoms with van der Waals surface area (Å²) in [7, 11) is -1.21. The SMILES string of the molecule is CSC(=N)c1cc(Oc2c(F)cc3c(ccn3COCC[Si](C)(C)C)c2F)ccc1O. The standard InChI is InChI=1S/C22H26F2N2O3SSi/c1-30-22(25)16-11-14(5-6-19(16)27)29-21-17(23)12-18-15(20(21)24)7-8-26(18)13-28-9-10-31(2,3)4/h5-8,11-12,25,27H,9-10,13H2,1-4H3. The number of halogens is 2. The zero-order valence-electron chi connectivity index (χ0n) is 18.0. The first-order valence-corrected chi connectivity index (χ1v) is 14.7. The van der Waals surface area contributed by atoms with Gasteiger partial charge in [0.1, 0.15) is 18.2 Å². The Bertz CT molecular complexity index is 1110. The summed E-state index contributed by atoms with van der Waals surface area (Å²) in [5.74, 6) is -2.17. The number of thioether (sulfide) groups is 1. The van der Waals surface area contributed by atoms with Gasteiger partial charge in [-0.2, -0.15) is 0 Å². The first-order chi connectivity index (χ1) is 14.6. The number of nitrogens with zero attached hydrogens (tertiary/aromatic N) is 1. The predicted octanol–water partition coefficient (Wildman–Crippen LogP) is 6.42. The average molecular weight is 465 g/mol. The Morgan fingerprint density at radius 3 is 2.61 bits per heavy atom. The van der Waals surface area contributed by atoms with Crippen LogP contribution in [0.2, 0.25) is 25.7 Å². The zero-order chi connectivity index (χ0) is 22.8. The van der Waals surface area contributed by atoms with Gasteiger partial charge in [-0.15, -0.1) is 11.8 Å². The molecular weight excluding hydrogens is 438 g/mol. The predicted molar refractivity (Wildman–Crippen MR) is 124 cm³/mol. The molecule has 0 aliphatic rings. The van der Waals surface area contributed by atoms with Crippen molar-refractivity contribution in [3.05, 3.63) is 53.7 Å². The van der Waals surface area contributed by atoms with Crippen LogP contribution in [0.1, 0.15) is 5.56 Å². The van der Waals surface area contributed by atoms with Gasteiger partial charge in [-0.3, -0.25) is 5.41 Å². The molecular formula is C22H26F2N2O3SSi. The van der Waals surface area contributed by atoms with E-state index < -0.39 is 25.5 Å². The molecule has 0 aliphatic carbocycles. The number of phenolic OH excluding ortho intramolecular Hbond substituents is 1. The summed E-state index contributed by atoms with van der Waals surface area (Å²) in [4.78, 5) is 0. The Balaban J connectivity index is 1.84. The fraction of sp³-hybridized carbons (Fsp3) is 0.318. The average Bonchev–Trinajstić information content (AvgIpc) is 3.11. The van der Waals surface area contributed by atoms with Crippen LogP contribution in [0, 0.1) is 17.0 Å². The van der Waals surface area contributed by atoms with E-state index in [0.29, 0.717) is 12.1 Å². The van der Waals surface area contributed by atoms with Crippen LogP contribution in [-0.2, 0) is 11.5 Å². The first kappa shape index (κ1) is 23.3. The molecule has 0 spiro atoms. The van der Waals surface area contributed by atoms with Crippen LogP contribution in [0.25, 0.3) is 10.9 Å². The van der Waals surface area contributed by atoms with E-state index in [4.69, 9.17) is 14.9 Å². The number of nitrogens with one attached hydrogen (secondary N) is 1. The van der Waals surface area contributed by atoms with Crippen LogP contribution < -0.4 is 4.74 Å². The molecule has 1 heterocycles. The van der Waals surface area contributed by atoms with Crippen LogP contribution in [0.15, 0.2) is 36.5 Å². The Morgan fingerprint density at radius 1 is 1.19 bits per heavy atom. The number of aromatic hydroxyl groups is 1. The Kier molecular flexibility index (Phi) is 7.08. The van der Waals surface area contributed by atoms with E-state index in [9.17, 15) is 9.50 Å². The van der Waals surface area contributed by atoms with Crippen molar-refractivity contribution < 1.29 is 23.4 Å². The van der Waals surface area contributed by atoms with Gasteiger partial charge in [-0.05, 0) is 36.6 Å². The fourth-order valence-electron chi connectivity index (χ4n) is 2.98. The normalized spacial score (nSPS) is 11.8. The monoisotopic (exact) mass is 464 g/mol. The summed E-state index contributed by atoms with van der Waals surface area (Å²) < 4.78 is 42.7. The van der Waals surface area contributed by atoms with Crippen molar-refractivity contribution >= 4 is 35.8 Å². The summed E-state index contributed by atoms with van der Waals surface area (Å²) in [5, 5.41) is 18.1. The van der Waals surface area contributed by atoms with Gasteiger partial charge in [0.25, 0.3) is 0 Å². The topological polar surface area (TPSA) is 67.5 Å². The summed E-state index contributed by atoms with van der Waals surface area (Å²) in [6.07, 6.45) is 3.35. The van der Waals surface area contributed by atoms with Gasteiger partial charge in [-0.1, -0.05) is 19.6 Å². The Labute approximate surface area is 185 Å². The van der Waals surface area contributed by atoms with E-state index in [1.807, 2.05) is 0 Å². The zero-order valence-corrected chi connectivity index (χ0v) is 19.8. The largest absolute Gasteiger partial charge is 0.507 e. The molecule has 5 nitrogen and oxygen atoms in total. The maximum absolute atomic E-state index is 15.1. The maximum atomic E-state index is 15.1. The molecule has 3 aromatic rings. The van der Waals surface area contributed by atoms with Crippen LogP contribution in [0.5, 0.6) is 17.2 Å². The lowest BCUT2D eigenvalue weighted by atomic mass is 10.2. The maximum Gasteiger partial charge on any atom is 0.199 e. The molecule has 0 amide bonds. The van der Waals surface area contributed by atoms with Crippen LogP contribution in [-0.4, -0.2) is 35.7 Å². The molecule has 166 valence electrons. The smallest absolute Gasteiger partial charge is 0.199 e. The molecule has 0 fully saturated rings. The van der Waals surface area contributed by atoms with Gasteiger partial charge < -0.3 is 19.1 Å². The molecule has 0 bridgehead atoms. The summed E-state index contributed by atoms with van der Waals surface area (Å²) >= 11 is 1.13. The molecule has 0 saturated heterocycles. The molecule has 2 aromatic carbocycles. The number of hydrogen-bond donors (Lipinski definition) is 2. The van der Waals surface area contributed by atoms with E-state index >= 15 is 4.39 Å². The number of fused-ring (bicyclic) bond motifs is 1. The highest BCUT2D eigenvalue weighted by atomic mass is 32.2.